The molecule has 3 nitrogen and oxygen atoms in total. The topological polar surface area (TPSA) is 41.6 Å². The first-order valence-corrected chi connectivity index (χ1v) is 6.11. The van der Waals surface area contributed by atoms with Crippen molar-refractivity contribution in [1.82, 2.24) is 15.2 Å². The minimum atomic E-state index is -0.210. The number of rotatable bonds is 2. The Morgan fingerprint density at radius 3 is 2.28 bits per heavy atom. The minimum absolute atomic E-state index is 0.111. The molecule has 1 aliphatic carbocycles. The molecule has 0 aliphatic heterocycles. The number of nitrogens with one attached hydrogen (secondary N) is 1. The Hall–Kier alpha value is -1.71. The maximum atomic E-state index is 13.1. The number of hydrogen-bond donors (Lipinski definition) is 1. The number of aryl methyl sites for hydroxylation is 1. The number of hydrogen-bond acceptors (Lipinski definition) is 2. The van der Waals surface area contributed by atoms with Crippen molar-refractivity contribution in [2.45, 2.75) is 32.6 Å². The molecule has 2 aromatic rings. The van der Waals surface area contributed by atoms with Gasteiger partial charge in [-0.15, -0.1) is 0 Å². The summed E-state index contributed by atoms with van der Waals surface area (Å²) in [5.74, 6) is 1.42. The second-order valence-electron chi connectivity index (χ2n) is 5.72. The maximum absolute atomic E-state index is 13.1. The van der Waals surface area contributed by atoms with Crippen molar-refractivity contribution in [2.24, 2.45) is 5.41 Å². The molecule has 1 N–H and O–H groups in total. The molecule has 1 heterocycles. The largest absolute Gasteiger partial charge is 0.263 e. The molecule has 1 aliphatic rings. The molecule has 1 saturated carbocycles. The van der Waals surface area contributed by atoms with Crippen LogP contribution in [0, 0.1) is 18.2 Å². The summed E-state index contributed by atoms with van der Waals surface area (Å²) in [5, 5.41) is 7.21. The van der Waals surface area contributed by atoms with E-state index in [0.29, 0.717) is 0 Å². The third kappa shape index (κ3) is 1.41. The van der Waals surface area contributed by atoms with Crippen LogP contribution in [0.3, 0.4) is 0 Å². The summed E-state index contributed by atoms with van der Waals surface area (Å²) in [6.07, 6.45) is 0.989. The minimum Gasteiger partial charge on any atom is -0.263 e. The predicted octanol–water partition coefficient (Wildman–Crippen LogP) is 2.97. The van der Waals surface area contributed by atoms with E-state index in [1.807, 2.05) is 19.1 Å². The third-order valence-electron chi connectivity index (χ3n) is 4.05. The van der Waals surface area contributed by atoms with Crippen LogP contribution in [0.2, 0.25) is 0 Å². The summed E-state index contributed by atoms with van der Waals surface area (Å²) in [6, 6.07) is 6.70. The standard InChI is InChI=1S/C14H16FN3/c1-9-16-12(18-17-9)14(8-13(14,2)3)10-4-6-11(15)7-5-10/h4-7H,8H2,1-3H3,(H,16,17,18). The van der Waals surface area contributed by atoms with Gasteiger partial charge >= 0.3 is 0 Å². The Kier molecular flexibility index (Phi) is 2.15. The number of aromatic nitrogens is 3. The summed E-state index contributed by atoms with van der Waals surface area (Å²) in [6.45, 7) is 6.29. The molecule has 1 atom stereocenters. The predicted molar refractivity (Wildman–Crippen MR) is 66.7 cm³/mol. The molecule has 1 aromatic carbocycles. The lowest BCUT2D eigenvalue weighted by Gasteiger charge is -2.17. The molecule has 3 rings (SSSR count). The van der Waals surface area contributed by atoms with Crippen LogP contribution in [-0.2, 0) is 5.41 Å². The smallest absolute Gasteiger partial charge is 0.161 e. The molecule has 4 heteroatoms. The first-order valence-electron chi connectivity index (χ1n) is 6.11. The molecule has 94 valence electrons. The Balaban J connectivity index is 2.12. The lowest BCUT2D eigenvalue weighted by Crippen LogP contribution is -2.18. The Morgan fingerprint density at radius 1 is 1.22 bits per heavy atom. The van der Waals surface area contributed by atoms with Crippen LogP contribution in [0.1, 0.15) is 37.5 Å². The van der Waals surface area contributed by atoms with Gasteiger partial charge in [-0.05, 0) is 36.5 Å². The zero-order valence-electron chi connectivity index (χ0n) is 10.8. The van der Waals surface area contributed by atoms with Gasteiger partial charge in [0.15, 0.2) is 5.82 Å². The second-order valence-corrected chi connectivity index (χ2v) is 5.72. The van der Waals surface area contributed by atoms with Crippen LogP contribution in [0.25, 0.3) is 0 Å². The van der Waals surface area contributed by atoms with Gasteiger partial charge < -0.3 is 0 Å². The van der Waals surface area contributed by atoms with Crippen molar-refractivity contribution in [1.29, 1.82) is 0 Å². The molecule has 18 heavy (non-hydrogen) atoms. The van der Waals surface area contributed by atoms with Crippen molar-refractivity contribution in [3.05, 3.63) is 47.3 Å². The molecule has 1 fully saturated rings. The van der Waals surface area contributed by atoms with E-state index in [1.165, 1.54) is 12.1 Å². The first kappa shape index (κ1) is 11.4. The zero-order chi connectivity index (χ0) is 13.0. The second kappa shape index (κ2) is 3.40. The van der Waals surface area contributed by atoms with E-state index in [2.05, 4.69) is 29.0 Å². The molecule has 1 aromatic heterocycles. The van der Waals surface area contributed by atoms with E-state index in [1.54, 1.807) is 0 Å². The fraction of sp³-hybridized carbons (Fsp3) is 0.429. The van der Waals surface area contributed by atoms with Gasteiger partial charge in [-0.1, -0.05) is 26.0 Å². The van der Waals surface area contributed by atoms with Gasteiger partial charge in [0.2, 0.25) is 0 Å². The van der Waals surface area contributed by atoms with Crippen LogP contribution in [0.4, 0.5) is 4.39 Å². The van der Waals surface area contributed by atoms with E-state index in [4.69, 9.17) is 0 Å². The number of nitrogens with zero attached hydrogens (tertiary/aromatic N) is 2. The Bertz CT molecular complexity index is 585. The average molecular weight is 245 g/mol. The number of aromatic amines is 1. The highest BCUT2D eigenvalue weighted by molar-refractivity contribution is 5.44. The van der Waals surface area contributed by atoms with Crippen LogP contribution in [0.15, 0.2) is 24.3 Å². The molecule has 0 bridgehead atoms. The highest BCUT2D eigenvalue weighted by Gasteiger charge is 2.65. The molecule has 1 unspecified atom stereocenters. The summed E-state index contributed by atoms with van der Waals surface area (Å²) < 4.78 is 13.1. The zero-order valence-corrected chi connectivity index (χ0v) is 10.8. The summed E-state index contributed by atoms with van der Waals surface area (Å²) >= 11 is 0. The van der Waals surface area contributed by atoms with Gasteiger partial charge in [-0.25, -0.2) is 9.37 Å². The highest BCUT2D eigenvalue weighted by Crippen LogP contribution is 2.66. The van der Waals surface area contributed by atoms with Gasteiger partial charge in [0, 0.05) is 0 Å². The first-order chi connectivity index (χ1) is 8.46. The Morgan fingerprint density at radius 2 is 1.83 bits per heavy atom. The summed E-state index contributed by atoms with van der Waals surface area (Å²) in [7, 11) is 0. The molecular weight excluding hydrogens is 229 g/mol. The molecule has 0 radical (unpaired) electrons. The lowest BCUT2D eigenvalue weighted by atomic mass is 9.87. The highest BCUT2D eigenvalue weighted by atomic mass is 19.1. The van der Waals surface area contributed by atoms with E-state index in [-0.39, 0.29) is 16.6 Å². The quantitative estimate of drug-likeness (QED) is 0.883. The SMILES string of the molecule is Cc1nc(C2(c3ccc(F)cc3)CC2(C)C)n[nH]1. The van der Waals surface area contributed by atoms with E-state index >= 15 is 0 Å². The van der Waals surface area contributed by atoms with Crippen LogP contribution < -0.4 is 0 Å². The van der Waals surface area contributed by atoms with Gasteiger partial charge in [0.05, 0.1) is 5.41 Å². The molecule has 0 saturated heterocycles. The van der Waals surface area contributed by atoms with Gasteiger partial charge in [0.25, 0.3) is 0 Å². The fourth-order valence-electron chi connectivity index (χ4n) is 2.89. The van der Waals surface area contributed by atoms with Gasteiger partial charge in [-0.2, -0.15) is 5.10 Å². The maximum Gasteiger partial charge on any atom is 0.161 e. The summed E-state index contributed by atoms with van der Waals surface area (Å²) in [5.41, 5.74) is 1.03. The Labute approximate surface area is 105 Å². The summed E-state index contributed by atoms with van der Waals surface area (Å²) in [4.78, 5) is 4.48. The van der Waals surface area contributed by atoms with Crippen molar-refractivity contribution in [3.8, 4) is 0 Å². The van der Waals surface area contributed by atoms with Crippen LogP contribution >= 0.6 is 0 Å². The normalized spacial score (nSPS) is 25.1. The number of benzene rings is 1. The van der Waals surface area contributed by atoms with Gasteiger partial charge in [-0.3, -0.25) is 5.10 Å². The molecule has 0 spiro atoms. The third-order valence-corrected chi connectivity index (χ3v) is 4.05. The number of H-pyrrole nitrogens is 1. The van der Waals surface area contributed by atoms with Crippen LogP contribution in [0.5, 0.6) is 0 Å². The molecule has 0 amide bonds. The van der Waals surface area contributed by atoms with Crippen LogP contribution in [-0.4, -0.2) is 15.2 Å². The lowest BCUT2D eigenvalue weighted by molar-refractivity contribution is 0.531. The van der Waals surface area contributed by atoms with Crippen molar-refractivity contribution >= 4 is 0 Å². The van der Waals surface area contributed by atoms with Crippen molar-refractivity contribution in [3.63, 3.8) is 0 Å². The molecular formula is C14H16FN3. The number of halogens is 1. The monoisotopic (exact) mass is 245 g/mol. The van der Waals surface area contributed by atoms with E-state index in [9.17, 15) is 4.39 Å². The van der Waals surface area contributed by atoms with E-state index in [0.717, 1.165) is 23.6 Å². The van der Waals surface area contributed by atoms with E-state index < -0.39 is 0 Å². The van der Waals surface area contributed by atoms with Gasteiger partial charge in [0.1, 0.15) is 11.6 Å². The van der Waals surface area contributed by atoms with Crippen molar-refractivity contribution < 1.29 is 4.39 Å². The fourth-order valence-corrected chi connectivity index (χ4v) is 2.89. The van der Waals surface area contributed by atoms with Crippen molar-refractivity contribution in [2.75, 3.05) is 0 Å². The average Bonchev–Trinajstić information content (AvgIpc) is 2.68.